The van der Waals surface area contributed by atoms with Gasteiger partial charge in [0.2, 0.25) is 5.91 Å². The van der Waals surface area contributed by atoms with Crippen LogP contribution in [0.2, 0.25) is 0 Å². The minimum atomic E-state index is 0.122. The summed E-state index contributed by atoms with van der Waals surface area (Å²) in [6.45, 7) is 2.97. The maximum atomic E-state index is 11.7. The van der Waals surface area contributed by atoms with Crippen molar-refractivity contribution in [3.05, 3.63) is 29.8 Å². The Hall–Kier alpha value is -0.960. The average Bonchev–Trinajstić information content (AvgIpc) is 2.50. The van der Waals surface area contributed by atoms with E-state index >= 15 is 0 Å². The molecule has 2 nitrogen and oxygen atoms in total. The Morgan fingerprint density at radius 3 is 2.87 bits per heavy atom. The predicted octanol–water partition coefficient (Wildman–Crippen LogP) is 2.32. The first-order chi connectivity index (χ1) is 7.16. The van der Waals surface area contributed by atoms with E-state index in [-0.39, 0.29) is 11.2 Å². The molecule has 1 aliphatic heterocycles. The number of hydrogen-bond acceptors (Lipinski definition) is 2. The molecule has 0 aliphatic carbocycles. The summed E-state index contributed by atoms with van der Waals surface area (Å²) in [5.74, 6) is 0.265. The van der Waals surface area contributed by atoms with E-state index < -0.39 is 0 Å². The highest BCUT2D eigenvalue weighted by Gasteiger charge is 2.29. The molecule has 0 bridgehead atoms. The number of amides is 1. The Morgan fingerprint density at radius 2 is 2.27 bits per heavy atom. The lowest BCUT2D eigenvalue weighted by Crippen LogP contribution is -2.23. The monoisotopic (exact) mass is 221 g/mol. The van der Waals surface area contributed by atoms with Crippen LogP contribution in [0, 0.1) is 6.92 Å². The van der Waals surface area contributed by atoms with Gasteiger partial charge in [-0.2, -0.15) is 0 Å². The first-order valence-corrected chi connectivity index (χ1v) is 6.03. The molecule has 3 heteroatoms. The highest BCUT2D eigenvalue weighted by molar-refractivity contribution is 8.00. The van der Waals surface area contributed by atoms with E-state index in [4.69, 9.17) is 0 Å². The summed E-state index contributed by atoms with van der Waals surface area (Å²) in [6.07, 6.45) is 0.966. The summed E-state index contributed by atoms with van der Waals surface area (Å²) in [5, 5.41) is 0.122. The maximum absolute atomic E-state index is 11.7. The minimum absolute atomic E-state index is 0.122. The number of aryl methyl sites for hydroxylation is 1. The van der Waals surface area contributed by atoms with Crippen molar-refractivity contribution in [2.45, 2.75) is 23.5 Å². The van der Waals surface area contributed by atoms with Crippen LogP contribution in [0.4, 0.5) is 0 Å². The molecule has 15 heavy (non-hydrogen) atoms. The maximum Gasteiger partial charge on any atom is 0.235 e. The lowest BCUT2D eigenvalue weighted by atomic mass is 10.2. The van der Waals surface area contributed by atoms with Crippen LogP contribution in [0.25, 0.3) is 0 Å². The van der Waals surface area contributed by atoms with Gasteiger partial charge in [0.05, 0.1) is 5.25 Å². The van der Waals surface area contributed by atoms with Gasteiger partial charge in [-0.3, -0.25) is 4.79 Å². The molecule has 0 spiro atoms. The fourth-order valence-corrected chi connectivity index (χ4v) is 3.00. The zero-order chi connectivity index (χ0) is 10.8. The zero-order valence-corrected chi connectivity index (χ0v) is 9.88. The number of thioether (sulfide) groups is 1. The standard InChI is InChI=1S/C12H15NOS/c1-9-4-3-5-10(8-9)15-11-6-7-13(2)12(11)14/h3-5,8,11H,6-7H2,1-2H3. The lowest BCUT2D eigenvalue weighted by molar-refractivity contribution is -0.126. The second kappa shape index (κ2) is 4.27. The van der Waals surface area contributed by atoms with Crippen LogP contribution in [-0.2, 0) is 4.79 Å². The second-order valence-electron chi connectivity index (χ2n) is 3.97. The lowest BCUT2D eigenvalue weighted by Gasteiger charge is -2.10. The molecule has 0 N–H and O–H groups in total. The topological polar surface area (TPSA) is 20.3 Å². The number of nitrogens with zero attached hydrogens (tertiary/aromatic N) is 1. The summed E-state index contributed by atoms with van der Waals surface area (Å²) in [6, 6.07) is 8.33. The molecule has 1 fully saturated rings. The van der Waals surface area contributed by atoms with Crippen LogP contribution in [0.5, 0.6) is 0 Å². The van der Waals surface area contributed by atoms with Gasteiger partial charge in [-0.15, -0.1) is 11.8 Å². The van der Waals surface area contributed by atoms with Crippen molar-refractivity contribution in [3.63, 3.8) is 0 Å². The van der Waals surface area contributed by atoms with Crippen molar-refractivity contribution in [3.8, 4) is 0 Å². The van der Waals surface area contributed by atoms with Crippen molar-refractivity contribution in [1.82, 2.24) is 4.90 Å². The Labute approximate surface area is 94.7 Å². The normalized spacial score (nSPS) is 21.1. The van der Waals surface area contributed by atoms with Crippen LogP contribution in [0.1, 0.15) is 12.0 Å². The first-order valence-electron chi connectivity index (χ1n) is 5.15. The first kappa shape index (κ1) is 10.6. The van der Waals surface area contributed by atoms with E-state index in [1.807, 2.05) is 18.0 Å². The van der Waals surface area contributed by atoms with Gasteiger partial charge in [-0.05, 0) is 25.5 Å². The van der Waals surface area contributed by atoms with Crippen LogP contribution in [0.15, 0.2) is 29.2 Å². The molecular formula is C12H15NOS. The molecule has 1 aromatic carbocycles. The third-order valence-electron chi connectivity index (χ3n) is 2.65. The minimum Gasteiger partial charge on any atom is -0.345 e. The molecule has 1 amide bonds. The molecule has 1 aromatic rings. The number of carbonyl (C=O) groups excluding carboxylic acids is 1. The fraction of sp³-hybridized carbons (Fsp3) is 0.417. The van der Waals surface area contributed by atoms with E-state index in [0.717, 1.165) is 13.0 Å². The predicted molar refractivity (Wildman–Crippen MR) is 63.1 cm³/mol. The molecule has 0 aromatic heterocycles. The largest absolute Gasteiger partial charge is 0.345 e. The average molecular weight is 221 g/mol. The van der Waals surface area contributed by atoms with E-state index in [0.29, 0.717) is 0 Å². The highest BCUT2D eigenvalue weighted by atomic mass is 32.2. The van der Waals surface area contributed by atoms with Gasteiger partial charge in [-0.1, -0.05) is 17.7 Å². The molecule has 1 saturated heterocycles. The third kappa shape index (κ3) is 2.34. The van der Waals surface area contributed by atoms with Gasteiger partial charge in [-0.25, -0.2) is 0 Å². The van der Waals surface area contributed by atoms with Crippen molar-refractivity contribution in [2.24, 2.45) is 0 Å². The summed E-state index contributed by atoms with van der Waals surface area (Å²) in [5.41, 5.74) is 1.25. The summed E-state index contributed by atoms with van der Waals surface area (Å²) >= 11 is 1.69. The van der Waals surface area contributed by atoms with E-state index in [1.165, 1.54) is 10.5 Å². The molecule has 1 aliphatic rings. The van der Waals surface area contributed by atoms with Gasteiger partial charge < -0.3 is 4.90 Å². The van der Waals surface area contributed by atoms with E-state index in [2.05, 4.69) is 25.1 Å². The molecule has 0 radical (unpaired) electrons. The molecule has 1 atom stereocenters. The van der Waals surface area contributed by atoms with Crippen molar-refractivity contribution in [1.29, 1.82) is 0 Å². The SMILES string of the molecule is Cc1cccc(SC2CCN(C)C2=O)c1. The second-order valence-corrected chi connectivity index (χ2v) is 5.25. The third-order valence-corrected chi connectivity index (χ3v) is 3.89. The summed E-state index contributed by atoms with van der Waals surface area (Å²) < 4.78 is 0. The summed E-state index contributed by atoms with van der Waals surface area (Å²) in [4.78, 5) is 14.7. The Balaban J connectivity index is 2.06. The quantitative estimate of drug-likeness (QED) is 0.764. The number of hydrogen-bond donors (Lipinski definition) is 0. The van der Waals surface area contributed by atoms with Gasteiger partial charge >= 0.3 is 0 Å². The van der Waals surface area contributed by atoms with Gasteiger partial charge in [0, 0.05) is 18.5 Å². The van der Waals surface area contributed by atoms with Gasteiger partial charge in [0.1, 0.15) is 0 Å². The Bertz CT molecular complexity index is 378. The van der Waals surface area contributed by atoms with Gasteiger partial charge in [0.15, 0.2) is 0 Å². The van der Waals surface area contributed by atoms with Crippen LogP contribution in [-0.4, -0.2) is 29.6 Å². The molecule has 1 unspecified atom stereocenters. The highest BCUT2D eigenvalue weighted by Crippen LogP contribution is 2.30. The molecule has 0 saturated carbocycles. The molecule has 2 rings (SSSR count). The number of rotatable bonds is 2. The molecular weight excluding hydrogens is 206 g/mol. The van der Waals surface area contributed by atoms with Crippen LogP contribution in [0.3, 0.4) is 0 Å². The number of carbonyl (C=O) groups is 1. The molecule has 80 valence electrons. The number of benzene rings is 1. The number of likely N-dealkylation sites (tertiary alicyclic amines) is 1. The fourth-order valence-electron chi connectivity index (χ4n) is 1.75. The van der Waals surface area contributed by atoms with Crippen LogP contribution < -0.4 is 0 Å². The zero-order valence-electron chi connectivity index (χ0n) is 9.06. The Morgan fingerprint density at radius 1 is 1.47 bits per heavy atom. The smallest absolute Gasteiger partial charge is 0.235 e. The van der Waals surface area contributed by atoms with E-state index in [9.17, 15) is 4.79 Å². The van der Waals surface area contributed by atoms with Crippen molar-refractivity contribution in [2.75, 3.05) is 13.6 Å². The Kier molecular flexibility index (Phi) is 3.00. The van der Waals surface area contributed by atoms with Gasteiger partial charge in [0.25, 0.3) is 0 Å². The summed E-state index contributed by atoms with van der Waals surface area (Å²) in [7, 11) is 1.87. The van der Waals surface area contributed by atoms with E-state index in [1.54, 1.807) is 11.8 Å². The van der Waals surface area contributed by atoms with Crippen molar-refractivity contribution < 1.29 is 4.79 Å². The van der Waals surface area contributed by atoms with Crippen LogP contribution >= 0.6 is 11.8 Å². The van der Waals surface area contributed by atoms with Crippen molar-refractivity contribution >= 4 is 17.7 Å². The molecule has 1 heterocycles.